The number of benzene rings is 1. The van der Waals surface area contributed by atoms with E-state index in [1.54, 1.807) is 12.3 Å². The molecule has 1 aliphatic rings. The first-order valence-corrected chi connectivity index (χ1v) is 11.3. The van der Waals surface area contributed by atoms with Crippen LogP contribution in [0.5, 0.6) is 0 Å². The molecular weight excluding hydrogens is 396 g/mol. The number of carbonyl (C=O) groups is 2. The summed E-state index contributed by atoms with van der Waals surface area (Å²) in [6.07, 6.45) is 5.37. The Kier molecular flexibility index (Phi) is 6.28. The van der Waals surface area contributed by atoms with Crippen LogP contribution in [-0.4, -0.2) is 21.4 Å². The highest BCUT2D eigenvalue weighted by Crippen LogP contribution is 2.25. The molecule has 1 aliphatic heterocycles. The number of nitrogens with zero attached hydrogens (tertiary/aromatic N) is 2. The van der Waals surface area contributed by atoms with Crippen LogP contribution < -0.4 is 10.6 Å². The minimum absolute atomic E-state index is 0.0596. The number of aromatic nitrogens is 2. The number of carbonyl (C=O) groups excluding carboxylic acids is 2. The van der Waals surface area contributed by atoms with Crippen molar-refractivity contribution in [3.05, 3.63) is 75.5 Å². The molecule has 3 aromatic rings. The summed E-state index contributed by atoms with van der Waals surface area (Å²) in [7, 11) is 0. The third-order valence-electron chi connectivity index (χ3n) is 5.53. The zero-order valence-electron chi connectivity index (χ0n) is 17.1. The third-order valence-corrected chi connectivity index (χ3v) is 6.31. The Morgan fingerprint density at radius 3 is 2.77 bits per heavy atom. The molecule has 4 rings (SSSR count). The predicted octanol–water partition coefficient (Wildman–Crippen LogP) is 4.09. The van der Waals surface area contributed by atoms with Crippen LogP contribution in [0.4, 0.5) is 0 Å². The summed E-state index contributed by atoms with van der Waals surface area (Å²) in [4.78, 5) is 30.2. The van der Waals surface area contributed by atoms with Crippen LogP contribution in [0, 0.1) is 0 Å². The number of fused-ring (bicyclic) bond motifs is 1. The largest absolute Gasteiger partial charge is 0.345 e. The fourth-order valence-electron chi connectivity index (χ4n) is 3.99. The molecule has 0 fully saturated rings. The van der Waals surface area contributed by atoms with Crippen LogP contribution in [-0.2, 0) is 19.5 Å². The highest BCUT2D eigenvalue weighted by atomic mass is 32.1. The van der Waals surface area contributed by atoms with E-state index in [9.17, 15) is 9.59 Å². The Morgan fingerprint density at radius 1 is 1.20 bits per heavy atom. The molecule has 30 heavy (non-hydrogen) atoms. The standard InChI is InChI=1S/C23H26N4O2S/c1-2-18(16-8-4-3-5-9-16)26-23(29)20-14-17(19-10-6-7-12-27(19)20)22(28)25-15-21-24-11-13-30-21/h3-5,8-9,11,13-14,18H,2,6-7,10,12,15H2,1H3,(H,25,28)(H,26,29). The molecule has 2 aromatic heterocycles. The minimum Gasteiger partial charge on any atom is -0.345 e. The molecular formula is C23H26N4O2S. The number of nitrogens with one attached hydrogen (secondary N) is 2. The first-order valence-electron chi connectivity index (χ1n) is 10.4. The van der Waals surface area contributed by atoms with Crippen LogP contribution in [0.1, 0.15) is 69.3 Å². The quantitative estimate of drug-likeness (QED) is 0.602. The van der Waals surface area contributed by atoms with Gasteiger partial charge in [-0.3, -0.25) is 9.59 Å². The van der Waals surface area contributed by atoms with Crippen molar-refractivity contribution in [2.75, 3.05) is 0 Å². The highest BCUT2D eigenvalue weighted by Gasteiger charge is 2.26. The Balaban J connectivity index is 1.55. The molecule has 1 atom stereocenters. The van der Waals surface area contributed by atoms with Gasteiger partial charge in [0, 0.05) is 23.8 Å². The van der Waals surface area contributed by atoms with Crippen molar-refractivity contribution in [2.45, 2.75) is 51.7 Å². The summed E-state index contributed by atoms with van der Waals surface area (Å²) in [6.45, 7) is 3.22. The summed E-state index contributed by atoms with van der Waals surface area (Å²) in [6, 6.07) is 11.7. The lowest BCUT2D eigenvalue weighted by atomic mass is 10.0. The Labute approximate surface area is 180 Å². The molecule has 2 amide bonds. The zero-order valence-corrected chi connectivity index (χ0v) is 17.9. The second-order valence-corrected chi connectivity index (χ2v) is 8.43. The van der Waals surface area contributed by atoms with Gasteiger partial charge in [-0.1, -0.05) is 37.3 Å². The van der Waals surface area contributed by atoms with E-state index in [0.717, 1.165) is 48.5 Å². The van der Waals surface area contributed by atoms with Crippen LogP contribution in [0.25, 0.3) is 0 Å². The van der Waals surface area contributed by atoms with E-state index in [2.05, 4.69) is 22.5 Å². The lowest BCUT2D eigenvalue weighted by molar-refractivity contribution is 0.0923. The third kappa shape index (κ3) is 4.31. The minimum atomic E-state index is -0.148. The molecule has 6 nitrogen and oxygen atoms in total. The molecule has 0 saturated carbocycles. The Hall–Kier alpha value is -2.93. The van der Waals surface area contributed by atoms with E-state index in [1.165, 1.54) is 11.3 Å². The van der Waals surface area contributed by atoms with Crippen LogP contribution in [0.2, 0.25) is 0 Å². The van der Waals surface area contributed by atoms with Gasteiger partial charge >= 0.3 is 0 Å². The lowest BCUT2D eigenvalue weighted by Gasteiger charge is -2.21. The van der Waals surface area contributed by atoms with Gasteiger partial charge in [-0.05, 0) is 37.3 Å². The van der Waals surface area contributed by atoms with Crippen molar-refractivity contribution in [1.82, 2.24) is 20.2 Å². The van der Waals surface area contributed by atoms with E-state index < -0.39 is 0 Å². The SMILES string of the molecule is CCC(NC(=O)c1cc(C(=O)NCc2nccs2)c2n1CCCC2)c1ccccc1. The number of rotatable bonds is 7. The maximum absolute atomic E-state index is 13.2. The molecule has 0 bridgehead atoms. The van der Waals surface area contributed by atoms with Gasteiger partial charge < -0.3 is 15.2 Å². The van der Waals surface area contributed by atoms with Crippen molar-refractivity contribution in [3.63, 3.8) is 0 Å². The van der Waals surface area contributed by atoms with Gasteiger partial charge in [0.15, 0.2) is 0 Å². The number of amides is 2. The summed E-state index contributed by atoms with van der Waals surface area (Å²) in [5.74, 6) is -0.280. The van der Waals surface area contributed by atoms with Crippen molar-refractivity contribution < 1.29 is 9.59 Å². The highest BCUT2D eigenvalue weighted by molar-refractivity contribution is 7.09. The van der Waals surface area contributed by atoms with Crippen molar-refractivity contribution in [2.24, 2.45) is 0 Å². The van der Waals surface area contributed by atoms with Gasteiger partial charge in [0.05, 0.1) is 18.2 Å². The Morgan fingerprint density at radius 2 is 2.03 bits per heavy atom. The van der Waals surface area contributed by atoms with E-state index in [-0.39, 0.29) is 17.9 Å². The van der Waals surface area contributed by atoms with E-state index in [0.29, 0.717) is 17.8 Å². The molecule has 7 heteroatoms. The maximum atomic E-state index is 13.2. The summed E-state index contributed by atoms with van der Waals surface area (Å²) < 4.78 is 2.02. The monoisotopic (exact) mass is 422 g/mol. The van der Waals surface area contributed by atoms with Crippen molar-refractivity contribution >= 4 is 23.2 Å². The average Bonchev–Trinajstić information content (AvgIpc) is 3.44. The topological polar surface area (TPSA) is 76.0 Å². The second-order valence-electron chi connectivity index (χ2n) is 7.45. The number of thiazole rings is 1. The maximum Gasteiger partial charge on any atom is 0.268 e. The van der Waals surface area contributed by atoms with Crippen LogP contribution in [0.15, 0.2) is 48.0 Å². The van der Waals surface area contributed by atoms with Crippen molar-refractivity contribution in [3.8, 4) is 0 Å². The summed E-state index contributed by atoms with van der Waals surface area (Å²) in [5, 5.41) is 8.86. The Bertz CT molecular complexity index is 1010. The summed E-state index contributed by atoms with van der Waals surface area (Å²) >= 11 is 1.51. The molecule has 156 valence electrons. The first-order chi connectivity index (χ1) is 14.7. The van der Waals surface area contributed by atoms with Crippen LogP contribution >= 0.6 is 11.3 Å². The molecule has 2 N–H and O–H groups in total. The molecule has 0 radical (unpaired) electrons. The molecule has 1 aromatic carbocycles. The van der Waals surface area contributed by atoms with E-state index in [4.69, 9.17) is 0 Å². The lowest BCUT2D eigenvalue weighted by Crippen LogP contribution is -2.30. The molecule has 3 heterocycles. The van der Waals surface area contributed by atoms with Gasteiger partial charge in [-0.25, -0.2) is 4.98 Å². The van der Waals surface area contributed by atoms with E-state index >= 15 is 0 Å². The van der Waals surface area contributed by atoms with E-state index in [1.807, 2.05) is 40.3 Å². The average molecular weight is 423 g/mol. The van der Waals surface area contributed by atoms with Gasteiger partial charge in [-0.2, -0.15) is 0 Å². The molecule has 1 unspecified atom stereocenters. The fraction of sp³-hybridized carbons (Fsp3) is 0.348. The molecule has 0 aliphatic carbocycles. The second kappa shape index (κ2) is 9.26. The van der Waals surface area contributed by atoms with Gasteiger partial charge in [0.1, 0.15) is 10.7 Å². The number of hydrogen-bond donors (Lipinski definition) is 2. The molecule has 0 saturated heterocycles. The first kappa shape index (κ1) is 20.3. The number of hydrogen-bond acceptors (Lipinski definition) is 4. The van der Waals surface area contributed by atoms with Crippen LogP contribution in [0.3, 0.4) is 0 Å². The summed E-state index contributed by atoms with van der Waals surface area (Å²) in [5.41, 5.74) is 3.21. The van der Waals surface area contributed by atoms with Crippen molar-refractivity contribution in [1.29, 1.82) is 0 Å². The smallest absolute Gasteiger partial charge is 0.268 e. The van der Waals surface area contributed by atoms with Gasteiger partial charge in [0.25, 0.3) is 11.8 Å². The van der Waals surface area contributed by atoms with Gasteiger partial charge in [-0.15, -0.1) is 11.3 Å². The predicted molar refractivity (Wildman–Crippen MR) is 118 cm³/mol. The fourth-order valence-corrected chi connectivity index (χ4v) is 4.55. The normalized spacial score (nSPS) is 14.0. The molecule has 0 spiro atoms. The van der Waals surface area contributed by atoms with Gasteiger partial charge in [0.2, 0.25) is 0 Å². The zero-order chi connectivity index (χ0) is 20.9.